The summed E-state index contributed by atoms with van der Waals surface area (Å²) in [5.41, 5.74) is 5.95. The van der Waals surface area contributed by atoms with E-state index in [1.54, 1.807) is 0 Å². The average molecular weight is 260 g/mol. The highest BCUT2D eigenvalue weighted by atomic mass is 32.2. The van der Waals surface area contributed by atoms with E-state index in [9.17, 15) is 8.42 Å². The summed E-state index contributed by atoms with van der Waals surface area (Å²) in [7, 11) is -3.56. The molecule has 0 saturated heterocycles. The molecular weight excluding hydrogens is 240 g/mol. The van der Waals surface area contributed by atoms with E-state index in [1.807, 2.05) is 20.8 Å². The predicted octanol–water partition coefficient (Wildman–Crippen LogP) is 0.581. The number of hydrogen-bond acceptors (Lipinski definition) is 4. The standard InChI is InChI=1S/C10H20N4O2S/c1-4-7(2)8(3)14-17(15,16)10-9(5-11)6-12-13-10/h6-8,14H,4-5,11H2,1-3H3,(H,12,13). The predicted molar refractivity (Wildman–Crippen MR) is 65.7 cm³/mol. The van der Waals surface area contributed by atoms with Gasteiger partial charge in [-0.05, 0) is 12.8 Å². The van der Waals surface area contributed by atoms with Crippen molar-refractivity contribution < 1.29 is 8.42 Å². The number of H-pyrrole nitrogens is 1. The van der Waals surface area contributed by atoms with Gasteiger partial charge in [0.05, 0.1) is 6.20 Å². The quantitative estimate of drug-likeness (QED) is 0.696. The largest absolute Gasteiger partial charge is 0.326 e. The summed E-state index contributed by atoms with van der Waals surface area (Å²) in [6.45, 7) is 6.02. The van der Waals surface area contributed by atoms with E-state index in [0.717, 1.165) is 6.42 Å². The zero-order chi connectivity index (χ0) is 13.1. The second kappa shape index (κ2) is 5.61. The van der Waals surface area contributed by atoms with Crippen LogP contribution in [0.1, 0.15) is 32.8 Å². The fourth-order valence-electron chi connectivity index (χ4n) is 1.45. The summed E-state index contributed by atoms with van der Waals surface area (Å²) >= 11 is 0. The molecule has 1 aromatic rings. The Morgan fingerprint density at radius 2 is 2.18 bits per heavy atom. The van der Waals surface area contributed by atoms with Crippen LogP contribution < -0.4 is 10.5 Å². The van der Waals surface area contributed by atoms with Crippen molar-refractivity contribution in [3.8, 4) is 0 Å². The van der Waals surface area contributed by atoms with Crippen molar-refractivity contribution in [2.75, 3.05) is 0 Å². The summed E-state index contributed by atoms with van der Waals surface area (Å²) in [6.07, 6.45) is 2.35. The van der Waals surface area contributed by atoms with E-state index >= 15 is 0 Å². The molecule has 0 amide bonds. The lowest BCUT2D eigenvalue weighted by Crippen LogP contribution is -2.37. The SMILES string of the molecule is CCC(C)C(C)NS(=O)(=O)c1[nH]ncc1CN. The van der Waals surface area contributed by atoms with Crippen LogP contribution in [0.25, 0.3) is 0 Å². The van der Waals surface area contributed by atoms with E-state index in [4.69, 9.17) is 5.73 Å². The number of nitrogens with one attached hydrogen (secondary N) is 2. The Bertz CT molecular complexity index is 455. The molecule has 0 saturated carbocycles. The van der Waals surface area contributed by atoms with Crippen LogP contribution in [-0.2, 0) is 16.6 Å². The van der Waals surface area contributed by atoms with E-state index in [-0.39, 0.29) is 23.5 Å². The van der Waals surface area contributed by atoms with Crippen molar-refractivity contribution in [1.82, 2.24) is 14.9 Å². The van der Waals surface area contributed by atoms with Gasteiger partial charge < -0.3 is 5.73 Å². The molecule has 0 aromatic carbocycles. The van der Waals surface area contributed by atoms with E-state index in [1.165, 1.54) is 6.20 Å². The number of hydrogen-bond donors (Lipinski definition) is 3. The first-order chi connectivity index (χ1) is 7.92. The summed E-state index contributed by atoms with van der Waals surface area (Å²) in [6, 6.07) is -0.126. The Morgan fingerprint density at radius 3 is 2.71 bits per heavy atom. The first-order valence-electron chi connectivity index (χ1n) is 5.67. The molecule has 6 nitrogen and oxygen atoms in total. The maximum atomic E-state index is 12.1. The zero-order valence-electron chi connectivity index (χ0n) is 10.4. The van der Waals surface area contributed by atoms with Crippen molar-refractivity contribution in [3.63, 3.8) is 0 Å². The molecule has 7 heteroatoms. The molecule has 0 aliphatic rings. The van der Waals surface area contributed by atoms with Gasteiger partial charge in [-0.25, -0.2) is 13.1 Å². The Morgan fingerprint density at radius 1 is 1.53 bits per heavy atom. The molecular formula is C10H20N4O2S. The van der Waals surface area contributed by atoms with Gasteiger partial charge in [0.1, 0.15) is 0 Å². The molecule has 0 spiro atoms. The Hall–Kier alpha value is -0.920. The maximum Gasteiger partial charge on any atom is 0.258 e. The van der Waals surface area contributed by atoms with Gasteiger partial charge in [-0.1, -0.05) is 20.3 Å². The number of rotatable bonds is 6. The van der Waals surface area contributed by atoms with Crippen LogP contribution in [0.4, 0.5) is 0 Å². The van der Waals surface area contributed by atoms with Gasteiger partial charge in [0.2, 0.25) is 0 Å². The van der Waals surface area contributed by atoms with Gasteiger partial charge in [-0.15, -0.1) is 0 Å². The summed E-state index contributed by atoms with van der Waals surface area (Å²) in [4.78, 5) is 0. The van der Waals surface area contributed by atoms with Crippen molar-refractivity contribution in [3.05, 3.63) is 11.8 Å². The fraction of sp³-hybridized carbons (Fsp3) is 0.700. The fourth-order valence-corrected chi connectivity index (χ4v) is 2.94. The third-order valence-electron chi connectivity index (χ3n) is 3.01. The molecule has 0 radical (unpaired) electrons. The third kappa shape index (κ3) is 3.27. The van der Waals surface area contributed by atoms with Crippen molar-refractivity contribution in [2.24, 2.45) is 11.7 Å². The first-order valence-corrected chi connectivity index (χ1v) is 7.15. The lowest BCUT2D eigenvalue weighted by Gasteiger charge is -2.19. The smallest absolute Gasteiger partial charge is 0.258 e. The van der Waals surface area contributed by atoms with E-state index in [2.05, 4.69) is 14.9 Å². The number of aromatic nitrogens is 2. The minimum atomic E-state index is -3.56. The number of nitrogens with zero attached hydrogens (tertiary/aromatic N) is 1. The molecule has 2 unspecified atom stereocenters. The maximum absolute atomic E-state index is 12.1. The molecule has 0 bridgehead atoms. The second-order valence-electron chi connectivity index (χ2n) is 4.22. The highest BCUT2D eigenvalue weighted by Crippen LogP contribution is 2.14. The lowest BCUT2D eigenvalue weighted by atomic mass is 10.0. The molecule has 1 aromatic heterocycles. The molecule has 0 aliphatic carbocycles. The van der Waals surface area contributed by atoms with E-state index < -0.39 is 10.0 Å². The van der Waals surface area contributed by atoms with Crippen LogP contribution in [-0.4, -0.2) is 24.7 Å². The van der Waals surface area contributed by atoms with Crippen molar-refractivity contribution in [2.45, 2.75) is 44.8 Å². The third-order valence-corrected chi connectivity index (χ3v) is 4.58. The van der Waals surface area contributed by atoms with Crippen LogP contribution in [0.5, 0.6) is 0 Å². The first kappa shape index (κ1) is 14.1. The number of sulfonamides is 1. The molecule has 1 heterocycles. The topological polar surface area (TPSA) is 101 Å². The van der Waals surface area contributed by atoms with Gasteiger partial charge in [0.25, 0.3) is 10.0 Å². The molecule has 0 aliphatic heterocycles. The molecule has 17 heavy (non-hydrogen) atoms. The molecule has 98 valence electrons. The van der Waals surface area contributed by atoms with Gasteiger partial charge in [0.15, 0.2) is 5.03 Å². The average Bonchev–Trinajstić information content (AvgIpc) is 2.76. The van der Waals surface area contributed by atoms with Crippen LogP contribution in [0.2, 0.25) is 0 Å². The van der Waals surface area contributed by atoms with Crippen molar-refractivity contribution >= 4 is 10.0 Å². The molecule has 0 fully saturated rings. The Balaban J connectivity index is 2.90. The van der Waals surface area contributed by atoms with Gasteiger partial charge in [-0.3, -0.25) is 5.10 Å². The lowest BCUT2D eigenvalue weighted by molar-refractivity contribution is 0.433. The van der Waals surface area contributed by atoms with Crippen LogP contribution in [0.3, 0.4) is 0 Å². The summed E-state index contributed by atoms with van der Waals surface area (Å²) < 4.78 is 26.8. The summed E-state index contributed by atoms with van der Waals surface area (Å²) in [5, 5.41) is 6.25. The van der Waals surface area contributed by atoms with Crippen LogP contribution in [0, 0.1) is 5.92 Å². The van der Waals surface area contributed by atoms with Gasteiger partial charge in [-0.2, -0.15) is 5.10 Å². The van der Waals surface area contributed by atoms with Gasteiger partial charge >= 0.3 is 0 Å². The highest BCUT2D eigenvalue weighted by molar-refractivity contribution is 7.89. The van der Waals surface area contributed by atoms with Crippen LogP contribution >= 0.6 is 0 Å². The van der Waals surface area contributed by atoms with E-state index in [0.29, 0.717) is 5.56 Å². The van der Waals surface area contributed by atoms with Crippen LogP contribution in [0.15, 0.2) is 11.2 Å². The minimum Gasteiger partial charge on any atom is -0.326 e. The molecule has 4 N–H and O–H groups in total. The Labute approximate surface area is 102 Å². The highest BCUT2D eigenvalue weighted by Gasteiger charge is 2.24. The zero-order valence-corrected chi connectivity index (χ0v) is 11.2. The Kier molecular flexibility index (Phi) is 4.67. The number of aromatic amines is 1. The normalized spacial score (nSPS) is 15.8. The minimum absolute atomic E-state index is 0.0650. The molecule has 1 rings (SSSR count). The summed E-state index contributed by atoms with van der Waals surface area (Å²) in [5.74, 6) is 0.272. The van der Waals surface area contributed by atoms with Crippen molar-refractivity contribution in [1.29, 1.82) is 0 Å². The number of nitrogens with two attached hydrogens (primary N) is 1. The monoisotopic (exact) mass is 260 g/mol. The molecule has 2 atom stereocenters. The second-order valence-corrected chi connectivity index (χ2v) is 5.87. The van der Waals surface area contributed by atoms with Gasteiger partial charge in [0, 0.05) is 18.2 Å².